The third-order valence-corrected chi connectivity index (χ3v) is 2.45. The van der Waals surface area contributed by atoms with Crippen molar-refractivity contribution in [2.75, 3.05) is 6.54 Å². The Morgan fingerprint density at radius 1 is 1.54 bits per heavy atom. The van der Waals surface area contributed by atoms with Gasteiger partial charge in [-0.2, -0.15) is 0 Å². The molecule has 0 unspecified atom stereocenters. The van der Waals surface area contributed by atoms with Crippen LogP contribution in [-0.4, -0.2) is 16.5 Å². The van der Waals surface area contributed by atoms with Crippen molar-refractivity contribution in [1.82, 2.24) is 15.3 Å². The molecule has 0 saturated carbocycles. The first-order valence-electron chi connectivity index (χ1n) is 4.39. The van der Waals surface area contributed by atoms with Gasteiger partial charge in [0, 0.05) is 36.0 Å². The zero-order chi connectivity index (χ0) is 9.47. The quantitative estimate of drug-likeness (QED) is 0.596. The average molecular weight is 179 g/mol. The second kappa shape index (κ2) is 2.67. The summed E-state index contributed by atoms with van der Waals surface area (Å²) < 4.78 is 0. The number of hydrogen-bond donors (Lipinski definition) is 2. The minimum absolute atomic E-state index is 0.00428. The minimum atomic E-state index is -0.256. The lowest BCUT2D eigenvalue weighted by Crippen LogP contribution is -2.41. The lowest BCUT2D eigenvalue weighted by molar-refractivity contribution is 0.418. The molecule has 2 heterocycles. The third kappa shape index (κ3) is 1.37. The summed E-state index contributed by atoms with van der Waals surface area (Å²) >= 11 is 0. The molecule has 1 aromatic rings. The maximum atomic E-state index is 11.0. The number of fused-ring (bicyclic) bond motifs is 1. The molecule has 1 aromatic heterocycles. The lowest BCUT2D eigenvalue weighted by atomic mass is 9.84. The Bertz CT molecular complexity index is 381. The van der Waals surface area contributed by atoms with Crippen LogP contribution < -0.4 is 11.0 Å². The first-order valence-corrected chi connectivity index (χ1v) is 4.39. The summed E-state index contributed by atoms with van der Waals surface area (Å²) in [5, 5.41) is 3.29. The molecule has 4 nitrogen and oxygen atoms in total. The normalized spacial score (nSPS) is 19.5. The zero-order valence-electron chi connectivity index (χ0n) is 7.85. The standard InChI is InChI=1S/C9H13N3O/c1-9(2)5-10-3-6-4-11-8(13)12-7(6)9/h4,10H,3,5H2,1-2H3,(H,11,12,13). The summed E-state index contributed by atoms with van der Waals surface area (Å²) in [7, 11) is 0. The van der Waals surface area contributed by atoms with E-state index in [4.69, 9.17) is 0 Å². The predicted molar refractivity (Wildman–Crippen MR) is 49.6 cm³/mol. The first-order chi connectivity index (χ1) is 6.09. The van der Waals surface area contributed by atoms with Crippen molar-refractivity contribution < 1.29 is 0 Å². The molecule has 4 heteroatoms. The molecular weight excluding hydrogens is 166 g/mol. The Morgan fingerprint density at radius 3 is 3.08 bits per heavy atom. The average Bonchev–Trinajstić information content (AvgIpc) is 2.06. The highest BCUT2D eigenvalue weighted by Gasteiger charge is 2.28. The minimum Gasteiger partial charge on any atom is -0.312 e. The maximum Gasteiger partial charge on any atom is 0.345 e. The van der Waals surface area contributed by atoms with E-state index in [9.17, 15) is 4.79 Å². The monoisotopic (exact) mass is 179 g/mol. The Morgan fingerprint density at radius 2 is 2.31 bits per heavy atom. The van der Waals surface area contributed by atoms with Gasteiger partial charge in [0.25, 0.3) is 0 Å². The molecule has 0 bridgehead atoms. The summed E-state index contributed by atoms with van der Waals surface area (Å²) in [6.07, 6.45) is 1.65. The van der Waals surface area contributed by atoms with Crippen LogP contribution >= 0.6 is 0 Å². The van der Waals surface area contributed by atoms with Gasteiger partial charge in [0.2, 0.25) is 0 Å². The van der Waals surface area contributed by atoms with Gasteiger partial charge >= 0.3 is 5.69 Å². The van der Waals surface area contributed by atoms with Crippen LogP contribution in [-0.2, 0) is 12.0 Å². The van der Waals surface area contributed by atoms with Crippen LogP contribution in [0.1, 0.15) is 25.1 Å². The Kier molecular flexibility index (Phi) is 1.73. The summed E-state index contributed by atoms with van der Waals surface area (Å²) in [4.78, 5) is 17.6. The molecule has 0 spiro atoms. The third-order valence-electron chi connectivity index (χ3n) is 2.45. The van der Waals surface area contributed by atoms with Crippen molar-refractivity contribution in [2.45, 2.75) is 25.8 Å². The SMILES string of the molecule is CC1(C)CNCc2cnc(=O)[nH]c21. The fraction of sp³-hybridized carbons (Fsp3) is 0.556. The summed E-state index contributed by atoms with van der Waals surface area (Å²) in [5.41, 5.74) is 1.85. The Hall–Kier alpha value is -1.16. The summed E-state index contributed by atoms with van der Waals surface area (Å²) in [6.45, 7) is 5.89. The van der Waals surface area contributed by atoms with E-state index in [1.165, 1.54) is 0 Å². The summed E-state index contributed by atoms with van der Waals surface area (Å²) in [6, 6.07) is 0. The van der Waals surface area contributed by atoms with E-state index in [1.54, 1.807) is 6.20 Å². The van der Waals surface area contributed by atoms with E-state index in [1.807, 2.05) is 0 Å². The van der Waals surface area contributed by atoms with E-state index in [0.717, 1.165) is 24.3 Å². The molecule has 1 aliphatic rings. The fourth-order valence-corrected chi connectivity index (χ4v) is 1.76. The van der Waals surface area contributed by atoms with Crippen LogP contribution in [0.3, 0.4) is 0 Å². The van der Waals surface area contributed by atoms with Crippen molar-refractivity contribution >= 4 is 0 Å². The van der Waals surface area contributed by atoms with Crippen molar-refractivity contribution in [3.8, 4) is 0 Å². The van der Waals surface area contributed by atoms with E-state index in [-0.39, 0.29) is 11.1 Å². The molecule has 2 N–H and O–H groups in total. The molecule has 13 heavy (non-hydrogen) atoms. The van der Waals surface area contributed by atoms with Gasteiger partial charge in [-0.05, 0) is 0 Å². The molecule has 0 radical (unpaired) electrons. The molecule has 0 aromatic carbocycles. The van der Waals surface area contributed by atoms with Gasteiger partial charge in [-0.15, -0.1) is 0 Å². The van der Waals surface area contributed by atoms with Gasteiger partial charge in [0.05, 0.1) is 0 Å². The van der Waals surface area contributed by atoms with Crippen LogP contribution in [0.4, 0.5) is 0 Å². The van der Waals surface area contributed by atoms with Crippen molar-refractivity contribution in [3.63, 3.8) is 0 Å². The molecular formula is C9H13N3O. The molecule has 70 valence electrons. The number of H-pyrrole nitrogens is 1. The largest absolute Gasteiger partial charge is 0.345 e. The molecule has 0 fully saturated rings. The fourth-order valence-electron chi connectivity index (χ4n) is 1.76. The molecule has 0 saturated heterocycles. The molecule has 0 amide bonds. The molecule has 2 rings (SSSR count). The van der Waals surface area contributed by atoms with Gasteiger partial charge in [-0.1, -0.05) is 13.8 Å². The van der Waals surface area contributed by atoms with E-state index in [0.29, 0.717) is 0 Å². The first kappa shape index (κ1) is 8.44. The smallest absolute Gasteiger partial charge is 0.312 e. The van der Waals surface area contributed by atoms with Gasteiger partial charge < -0.3 is 10.3 Å². The number of hydrogen-bond acceptors (Lipinski definition) is 3. The highest BCUT2D eigenvalue weighted by Crippen LogP contribution is 2.25. The van der Waals surface area contributed by atoms with Gasteiger partial charge in [-0.25, -0.2) is 9.78 Å². The van der Waals surface area contributed by atoms with Gasteiger partial charge in [0.1, 0.15) is 0 Å². The van der Waals surface area contributed by atoms with E-state index < -0.39 is 0 Å². The Balaban J connectivity index is 2.61. The number of aromatic nitrogens is 2. The Labute approximate surface area is 76.4 Å². The number of nitrogens with zero attached hydrogens (tertiary/aromatic N) is 1. The van der Waals surface area contributed by atoms with Crippen LogP contribution in [0.15, 0.2) is 11.0 Å². The van der Waals surface area contributed by atoms with Crippen LogP contribution in [0.5, 0.6) is 0 Å². The van der Waals surface area contributed by atoms with E-state index >= 15 is 0 Å². The molecule has 0 atom stereocenters. The predicted octanol–water partition coefficient (Wildman–Crippen LogP) is 0.151. The van der Waals surface area contributed by atoms with Crippen LogP contribution in [0, 0.1) is 0 Å². The second-order valence-corrected chi connectivity index (χ2v) is 4.08. The van der Waals surface area contributed by atoms with Crippen LogP contribution in [0.25, 0.3) is 0 Å². The number of rotatable bonds is 0. The number of aromatic amines is 1. The van der Waals surface area contributed by atoms with Crippen molar-refractivity contribution in [3.05, 3.63) is 27.9 Å². The second-order valence-electron chi connectivity index (χ2n) is 4.08. The zero-order valence-corrected chi connectivity index (χ0v) is 7.85. The van der Waals surface area contributed by atoms with Gasteiger partial charge in [-0.3, -0.25) is 0 Å². The van der Waals surface area contributed by atoms with Crippen molar-refractivity contribution in [2.24, 2.45) is 0 Å². The lowest BCUT2D eigenvalue weighted by Gasteiger charge is -2.31. The van der Waals surface area contributed by atoms with Crippen LogP contribution in [0.2, 0.25) is 0 Å². The highest BCUT2D eigenvalue weighted by atomic mass is 16.1. The molecule has 1 aliphatic heterocycles. The summed E-state index contributed by atoms with van der Waals surface area (Å²) in [5.74, 6) is 0. The maximum absolute atomic E-state index is 11.0. The van der Waals surface area contributed by atoms with Gasteiger partial charge in [0.15, 0.2) is 0 Å². The highest BCUT2D eigenvalue weighted by molar-refractivity contribution is 5.26. The number of nitrogens with one attached hydrogen (secondary N) is 2. The van der Waals surface area contributed by atoms with E-state index in [2.05, 4.69) is 29.1 Å². The topological polar surface area (TPSA) is 57.8 Å². The molecule has 0 aliphatic carbocycles. The van der Waals surface area contributed by atoms with Crippen molar-refractivity contribution in [1.29, 1.82) is 0 Å².